The Morgan fingerprint density at radius 1 is 1.10 bits per heavy atom. The van der Waals surface area contributed by atoms with Crippen molar-refractivity contribution < 1.29 is 0 Å². The predicted molar refractivity (Wildman–Crippen MR) is 89.3 cm³/mol. The number of nitrogens with zero attached hydrogens (tertiary/aromatic N) is 1. The van der Waals surface area contributed by atoms with E-state index in [1.807, 2.05) is 0 Å². The monoisotopic (exact) mass is 286 g/mol. The number of rotatable bonds is 6. The van der Waals surface area contributed by atoms with E-state index in [-0.39, 0.29) is 0 Å². The molecule has 1 aromatic carbocycles. The van der Waals surface area contributed by atoms with Gasteiger partial charge in [-0.25, -0.2) is 0 Å². The molecule has 0 heterocycles. The van der Waals surface area contributed by atoms with Gasteiger partial charge in [-0.3, -0.25) is 4.90 Å². The molecule has 2 aliphatic rings. The number of hydrogen-bond acceptors (Lipinski definition) is 2. The van der Waals surface area contributed by atoms with E-state index < -0.39 is 0 Å². The van der Waals surface area contributed by atoms with Crippen LogP contribution in [0.15, 0.2) is 24.3 Å². The molecule has 2 nitrogen and oxygen atoms in total. The maximum Gasteiger partial charge on any atom is 0.0239 e. The molecule has 0 aromatic heterocycles. The van der Waals surface area contributed by atoms with Crippen LogP contribution < -0.4 is 5.73 Å². The Kier molecular flexibility index (Phi) is 4.97. The molecule has 0 aliphatic heterocycles. The van der Waals surface area contributed by atoms with Crippen molar-refractivity contribution in [1.82, 2.24) is 4.90 Å². The van der Waals surface area contributed by atoms with Crippen LogP contribution in [0.1, 0.15) is 62.5 Å². The van der Waals surface area contributed by atoms with Crippen molar-refractivity contribution in [1.29, 1.82) is 0 Å². The molecule has 2 fully saturated rings. The van der Waals surface area contributed by atoms with E-state index in [0.29, 0.717) is 12.0 Å². The molecule has 2 saturated carbocycles. The van der Waals surface area contributed by atoms with Gasteiger partial charge in [0, 0.05) is 12.6 Å². The van der Waals surface area contributed by atoms with Gasteiger partial charge in [-0.05, 0) is 61.7 Å². The van der Waals surface area contributed by atoms with Gasteiger partial charge in [-0.1, -0.05) is 44.0 Å². The normalized spacial score (nSPS) is 26.2. The average molecular weight is 286 g/mol. The minimum absolute atomic E-state index is 0.695. The average Bonchev–Trinajstić information content (AvgIpc) is 3.38. The third kappa shape index (κ3) is 3.49. The van der Waals surface area contributed by atoms with Gasteiger partial charge in [0.05, 0.1) is 0 Å². The second kappa shape index (κ2) is 6.93. The summed E-state index contributed by atoms with van der Waals surface area (Å²) in [5.74, 6) is 1.54. The van der Waals surface area contributed by atoms with Crippen LogP contribution >= 0.6 is 0 Å². The second-order valence-electron chi connectivity index (χ2n) is 6.88. The molecule has 0 saturated heterocycles. The van der Waals surface area contributed by atoms with Crippen LogP contribution in [0, 0.1) is 5.92 Å². The fourth-order valence-electron chi connectivity index (χ4n) is 4.10. The highest BCUT2D eigenvalue weighted by Crippen LogP contribution is 2.42. The van der Waals surface area contributed by atoms with Crippen molar-refractivity contribution in [2.24, 2.45) is 11.7 Å². The molecule has 21 heavy (non-hydrogen) atoms. The number of benzene rings is 1. The fourth-order valence-corrected chi connectivity index (χ4v) is 4.10. The highest BCUT2D eigenvalue weighted by molar-refractivity contribution is 5.33. The molecule has 2 heteroatoms. The Bertz CT molecular complexity index is 453. The highest BCUT2D eigenvalue weighted by atomic mass is 15.2. The SMILES string of the molecule is CCN(Cc1ccccc1C1CC1)C1CCCCC1CN. The third-order valence-electron chi connectivity index (χ3n) is 5.49. The summed E-state index contributed by atoms with van der Waals surface area (Å²) in [6.45, 7) is 5.41. The van der Waals surface area contributed by atoms with Gasteiger partial charge in [-0.2, -0.15) is 0 Å². The van der Waals surface area contributed by atoms with E-state index in [4.69, 9.17) is 5.73 Å². The summed E-state index contributed by atoms with van der Waals surface area (Å²) >= 11 is 0. The number of hydrogen-bond donors (Lipinski definition) is 1. The van der Waals surface area contributed by atoms with Crippen molar-refractivity contribution in [2.45, 2.75) is 64.0 Å². The van der Waals surface area contributed by atoms with Crippen LogP contribution in [0.5, 0.6) is 0 Å². The topological polar surface area (TPSA) is 29.3 Å². The van der Waals surface area contributed by atoms with Gasteiger partial charge in [0.2, 0.25) is 0 Å². The Labute approximate surface area is 129 Å². The maximum absolute atomic E-state index is 6.04. The zero-order chi connectivity index (χ0) is 14.7. The number of nitrogens with two attached hydrogens (primary N) is 1. The van der Waals surface area contributed by atoms with Crippen LogP contribution in [0.4, 0.5) is 0 Å². The van der Waals surface area contributed by atoms with Gasteiger partial charge in [0.1, 0.15) is 0 Å². The van der Waals surface area contributed by atoms with Crippen molar-refractivity contribution >= 4 is 0 Å². The van der Waals surface area contributed by atoms with E-state index in [1.54, 1.807) is 11.1 Å². The summed E-state index contributed by atoms with van der Waals surface area (Å²) in [6, 6.07) is 9.80. The summed E-state index contributed by atoms with van der Waals surface area (Å²) in [7, 11) is 0. The summed E-state index contributed by atoms with van der Waals surface area (Å²) in [6.07, 6.45) is 8.18. The lowest BCUT2D eigenvalue weighted by Gasteiger charge is -2.39. The Morgan fingerprint density at radius 2 is 1.86 bits per heavy atom. The molecule has 1 aromatic rings. The first-order chi connectivity index (χ1) is 10.3. The minimum Gasteiger partial charge on any atom is -0.330 e. The first kappa shape index (κ1) is 15.1. The van der Waals surface area contributed by atoms with Crippen LogP contribution in [-0.4, -0.2) is 24.0 Å². The van der Waals surface area contributed by atoms with Crippen LogP contribution in [0.25, 0.3) is 0 Å². The van der Waals surface area contributed by atoms with Crippen LogP contribution in [-0.2, 0) is 6.54 Å². The van der Waals surface area contributed by atoms with Gasteiger partial charge >= 0.3 is 0 Å². The standard InChI is InChI=1S/C19H30N2/c1-2-21(19-10-6-4-7-16(19)13-20)14-17-8-3-5-9-18(17)15-11-12-15/h3,5,8-9,15-16,19H,2,4,6-7,10-14,20H2,1H3. The van der Waals surface area contributed by atoms with Gasteiger partial charge < -0.3 is 5.73 Å². The minimum atomic E-state index is 0.695. The van der Waals surface area contributed by atoms with Crippen LogP contribution in [0.2, 0.25) is 0 Å². The predicted octanol–water partition coefficient (Wildman–Crippen LogP) is 3.90. The van der Waals surface area contributed by atoms with Crippen LogP contribution in [0.3, 0.4) is 0 Å². The van der Waals surface area contributed by atoms with Crippen molar-refractivity contribution in [3.05, 3.63) is 35.4 Å². The Balaban J connectivity index is 1.74. The molecule has 2 aliphatic carbocycles. The van der Waals surface area contributed by atoms with E-state index in [1.165, 1.54) is 38.5 Å². The van der Waals surface area contributed by atoms with Gasteiger partial charge in [0.15, 0.2) is 0 Å². The summed E-state index contributed by atoms with van der Waals surface area (Å²) < 4.78 is 0. The molecular weight excluding hydrogens is 256 g/mol. The lowest BCUT2D eigenvalue weighted by atomic mass is 9.83. The molecule has 3 rings (SSSR count). The fraction of sp³-hybridized carbons (Fsp3) is 0.684. The molecule has 2 atom stereocenters. The van der Waals surface area contributed by atoms with Crippen molar-refractivity contribution in [2.75, 3.05) is 13.1 Å². The Hall–Kier alpha value is -0.860. The zero-order valence-corrected chi connectivity index (χ0v) is 13.4. The summed E-state index contributed by atoms with van der Waals surface area (Å²) in [5.41, 5.74) is 9.21. The molecule has 0 bridgehead atoms. The van der Waals surface area contributed by atoms with Gasteiger partial charge in [-0.15, -0.1) is 0 Å². The van der Waals surface area contributed by atoms with Crippen molar-refractivity contribution in [3.8, 4) is 0 Å². The molecule has 116 valence electrons. The summed E-state index contributed by atoms with van der Waals surface area (Å²) in [4.78, 5) is 2.69. The van der Waals surface area contributed by atoms with E-state index in [0.717, 1.165) is 25.6 Å². The van der Waals surface area contributed by atoms with E-state index >= 15 is 0 Å². The Morgan fingerprint density at radius 3 is 2.57 bits per heavy atom. The molecule has 0 spiro atoms. The van der Waals surface area contributed by atoms with Crippen molar-refractivity contribution in [3.63, 3.8) is 0 Å². The summed E-state index contributed by atoms with van der Waals surface area (Å²) in [5, 5.41) is 0. The van der Waals surface area contributed by atoms with E-state index in [2.05, 4.69) is 36.1 Å². The molecular formula is C19H30N2. The third-order valence-corrected chi connectivity index (χ3v) is 5.49. The lowest BCUT2D eigenvalue weighted by molar-refractivity contribution is 0.105. The first-order valence-corrected chi connectivity index (χ1v) is 8.85. The molecule has 2 N–H and O–H groups in total. The first-order valence-electron chi connectivity index (χ1n) is 8.85. The second-order valence-corrected chi connectivity index (χ2v) is 6.88. The molecule has 2 unspecified atom stereocenters. The highest BCUT2D eigenvalue weighted by Gasteiger charge is 2.30. The maximum atomic E-state index is 6.04. The molecule has 0 radical (unpaired) electrons. The molecule has 0 amide bonds. The lowest BCUT2D eigenvalue weighted by Crippen LogP contribution is -2.44. The van der Waals surface area contributed by atoms with Gasteiger partial charge in [0.25, 0.3) is 0 Å². The zero-order valence-electron chi connectivity index (χ0n) is 13.4. The smallest absolute Gasteiger partial charge is 0.0239 e. The largest absolute Gasteiger partial charge is 0.330 e. The quantitative estimate of drug-likeness (QED) is 0.859. The van der Waals surface area contributed by atoms with E-state index in [9.17, 15) is 0 Å².